The minimum absolute atomic E-state index is 0. The first-order valence-corrected chi connectivity index (χ1v) is 12.8. The average Bonchev–Trinajstić information content (AvgIpc) is 2.73. The van der Waals surface area contributed by atoms with Crippen molar-refractivity contribution in [2.45, 2.75) is 137 Å². The molecule has 0 aromatic rings. The van der Waals surface area contributed by atoms with Gasteiger partial charge in [0, 0.05) is 13.2 Å². The molecule has 0 unspecified atom stereocenters. The van der Waals surface area contributed by atoms with Crippen LogP contribution in [0.2, 0.25) is 0 Å². The highest BCUT2D eigenvalue weighted by Crippen LogP contribution is 2.14. The molecule has 0 fully saturated rings. The molecule has 33 heavy (non-hydrogen) atoms. The van der Waals surface area contributed by atoms with Crippen LogP contribution in [-0.4, -0.2) is 42.9 Å². The van der Waals surface area contributed by atoms with E-state index in [1.165, 1.54) is 44.9 Å². The summed E-state index contributed by atoms with van der Waals surface area (Å²) in [6.45, 7) is 15.3. The normalized spacial score (nSPS) is 11.2. The van der Waals surface area contributed by atoms with Crippen LogP contribution < -0.4 is 11.9 Å². The first kappa shape index (κ1) is 36.4. The van der Waals surface area contributed by atoms with E-state index in [0.29, 0.717) is 19.8 Å². The number of hydrogen-bond donors (Lipinski definition) is 2. The number of ether oxygens (including phenoxy) is 3. The molecule has 0 aliphatic rings. The molecule has 7 nitrogen and oxygen atoms in total. The molecule has 0 aliphatic heterocycles. The first-order chi connectivity index (χ1) is 15.0. The Morgan fingerprint density at radius 3 is 1.33 bits per heavy atom. The second-order valence-corrected chi connectivity index (χ2v) is 9.40. The summed E-state index contributed by atoms with van der Waals surface area (Å²) in [5.74, 6) is -0.637. The molecule has 0 radical (unpaired) electrons. The number of primary amides is 1. The number of hydrogen-bond acceptors (Lipinski definition) is 6. The van der Waals surface area contributed by atoms with Crippen molar-refractivity contribution >= 4 is 11.9 Å². The molecule has 1 amide bonds. The Kier molecular flexibility index (Phi) is 24.9. The monoisotopic (exact) mass is 476 g/mol. The van der Waals surface area contributed by atoms with Crippen molar-refractivity contribution in [3.63, 3.8) is 0 Å². The van der Waals surface area contributed by atoms with Crippen molar-refractivity contribution in [3.05, 3.63) is 0 Å². The van der Waals surface area contributed by atoms with Gasteiger partial charge >= 0.3 is 5.97 Å². The zero-order chi connectivity index (χ0) is 24.9. The lowest BCUT2D eigenvalue weighted by atomic mass is 10.1. The lowest BCUT2D eigenvalue weighted by Crippen LogP contribution is -2.40. The summed E-state index contributed by atoms with van der Waals surface area (Å²) < 4.78 is 16.3. The highest BCUT2D eigenvalue weighted by molar-refractivity contribution is 5.82. The van der Waals surface area contributed by atoms with Crippen molar-refractivity contribution in [2.75, 3.05) is 19.8 Å². The molecule has 0 aromatic heterocycles. The third kappa shape index (κ3) is 22.4. The fourth-order valence-electron chi connectivity index (χ4n) is 2.71. The molecule has 0 bridgehead atoms. The van der Waals surface area contributed by atoms with Crippen LogP contribution in [0.3, 0.4) is 0 Å². The molecule has 0 heterocycles. The number of carbonyl (C=O) groups is 2. The molecule has 0 saturated carbocycles. The van der Waals surface area contributed by atoms with E-state index in [1.807, 2.05) is 0 Å². The molecular formula is C26H56N2O5. The summed E-state index contributed by atoms with van der Waals surface area (Å²) >= 11 is 0. The third-order valence-electron chi connectivity index (χ3n) is 5.24. The van der Waals surface area contributed by atoms with Gasteiger partial charge in [0.15, 0.2) is 5.60 Å². The smallest absolute Gasteiger partial charge is 0.337 e. The number of amides is 1. The zero-order valence-electron chi connectivity index (χ0n) is 22.9. The second-order valence-electron chi connectivity index (χ2n) is 9.40. The van der Waals surface area contributed by atoms with Gasteiger partial charge in [-0.2, -0.15) is 0 Å². The van der Waals surface area contributed by atoms with Gasteiger partial charge in [0.2, 0.25) is 5.91 Å². The van der Waals surface area contributed by atoms with Crippen molar-refractivity contribution in [1.82, 2.24) is 6.15 Å². The maximum absolute atomic E-state index is 11.9. The molecule has 0 aromatic carbocycles. The van der Waals surface area contributed by atoms with Gasteiger partial charge in [-0.15, -0.1) is 0 Å². The Morgan fingerprint density at radius 1 is 0.606 bits per heavy atom. The molecular weight excluding hydrogens is 420 g/mol. The molecule has 0 atom stereocenters. The third-order valence-corrected chi connectivity index (χ3v) is 5.24. The van der Waals surface area contributed by atoms with Gasteiger partial charge in [-0.05, 0) is 47.0 Å². The quantitative estimate of drug-likeness (QED) is 0.162. The SMILES string of the molecule is CCCCCCOC(=O)C(C)(C)OCCCCCC.CCCCCCOC(C)(C)C(N)=O.N. The number of rotatable bonds is 19. The van der Waals surface area contributed by atoms with Crippen molar-refractivity contribution < 1.29 is 23.8 Å². The van der Waals surface area contributed by atoms with Gasteiger partial charge in [-0.1, -0.05) is 78.6 Å². The summed E-state index contributed by atoms with van der Waals surface area (Å²) in [6.07, 6.45) is 13.7. The predicted octanol–water partition coefficient (Wildman–Crippen LogP) is 6.49. The number of nitrogens with two attached hydrogens (primary N) is 1. The lowest BCUT2D eigenvalue weighted by Gasteiger charge is -2.23. The Labute approximate surface area is 204 Å². The van der Waals surface area contributed by atoms with Gasteiger partial charge in [0.1, 0.15) is 5.60 Å². The molecule has 0 aliphatic carbocycles. The summed E-state index contributed by atoms with van der Waals surface area (Å²) in [5, 5.41) is 0. The highest BCUT2D eigenvalue weighted by Gasteiger charge is 2.30. The number of esters is 1. The fraction of sp³-hybridized carbons (Fsp3) is 0.923. The molecule has 0 spiro atoms. The standard InChI is InChI=1S/C16H32O3.C10H21NO2.H3N/c1-5-7-9-11-13-18-15(17)16(3,4)19-14-12-10-8-6-2;1-4-5-6-7-8-13-10(2,3)9(11)12;/h5-14H2,1-4H3;4-8H2,1-3H3,(H2,11,12);1H3. The molecule has 0 rings (SSSR count). The van der Waals surface area contributed by atoms with Crippen LogP contribution in [0.15, 0.2) is 0 Å². The van der Waals surface area contributed by atoms with E-state index >= 15 is 0 Å². The van der Waals surface area contributed by atoms with Crippen LogP contribution in [0.4, 0.5) is 0 Å². The van der Waals surface area contributed by atoms with Crippen LogP contribution in [0.5, 0.6) is 0 Å². The van der Waals surface area contributed by atoms with E-state index < -0.39 is 17.1 Å². The Morgan fingerprint density at radius 2 is 0.970 bits per heavy atom. The van der Waals surface area contributed by atoms with Gasteiger partial charge in [0.25, 0.3) is 0 Å². The Bertz CT molecular complexity index is 468. The second kappa shape index (κ2) is 22.6. The topological polar surface area (TPSA) is 123 Å². The largest absolute Gasteiger partial charge is 0.464 e. The van der Waals surface area contributed by atoms with E-state index in [-0.39, 0.29) is 12.1 Å². The van der Waals surface area contributed by atoms with Crippen molar-refractivity contribution in [3.8, 4) is 0 Å². The lowest BCUT2D eigenvalue weighted by molar-refractivity contribution is -0.168. The van der Waals surface area contributed by atoms with Crippen LogP contribution in [0.1, 0.15) is 126 Å². The van der Waals surface area contributed by atoms with E-state index in [1.54, 1.807) is 27.7 Å². The van der Waals surface area contributed by atoms with E-state index in [0.717, 1.165) is 32.1 Å². The number of unbranched alkanes of at least 4 members (excludes halogenated alkanes) is 9. The van der Waals surface area contributed by atoms with Gasteiger partial charge in [-0.25, -0.2) is 4.79 Å². The van der Waals surface area contributed by atoms with E-state index in [9.17, 15) is 9.59 Å². The Hall–Kier alpha value is -1.18. The van der Waals surface area contributed by atoms with Gasteiger partial charge in [0.05, 0.1) is 6.61 Å². The van der Waals surface area contributed by atoms with Crippen LogP contribution >= 0.6 is 0 Å². The minimum Gasteiger partial charge on any atom is -0.464 e. The summed E-state index contributed by atoms with van der Waals surface area (Å²) in [6, 6.07) is 0. The Balaban J connectivity index is -0.000000566. The average molecular weight is 477 g/mol. The molecule has 200 valence electrons. The van der Waals surface area contributed by atoms with Crippen molar-refractivity contribution in [2.24, 2.45) is 5.73 Å². The molecule has 0 saturated heterocycles. The predicted molar refractivity (Wildman–Crippen MR) is 138 cm³/mol. The maximum Gasteiger partial charge on any atom is 0.337 e. The minimum atomic E-state index is -0.813. The summed E-state index contributed by atoms with van der Waals surface area (Å²) in [7, 11) is 0. The fourth-order valence-corrected chi connectivity index (χ4v) is 2.71. The molecule has 5 N–H and O–H groups in total. The van der Waals surface area contributed by atoms with Gasteiger partial charge < -0.3 is 26.1 Å². The van der Waals surface area contributed by atoms with Gasteiger partial charge in [-0.3, -0.25) is 4.79 Å². The highest BCUT2D eigenvalue weighted by atomic mass is 16.6. The maximum atomic E-state index is 11.9. The first-order valence-electron chi connectivity index (χ1n) is 12.8. The van der Waals surface area contributed by atoms with Crippen LogP contribution in [-0.2, 0) is 23.8 Å². The van der Waals surface area contributed by atoms with E-state index in [2.05, 4.69) is 20.8 Å². The zero-order valence-corrected chi connectivity index (χ0v) is 22.9. The van der Waals surface area contributed by atoms with Crippen molar-refractivity contribution in [1.29, 1.82) is 0 Å². The van der Waals surface area contributed by atoms with Crippen LogP contribution in [0.25, 0.3) is 0 Å². The van der Waals surface area contributed by atoms with Crippen LogP contribution in [0, 0.1) is 0 Å². The summed E-state index contributed by atoms with van der Waals surface area (Å²) in [5.41, 5.74) is 3.53. The number of carbonyl (C=O) groups excluding carboxylic acids is 2. The summed E-state index contributed by atoms with van der Waals surface area (Å²) in [4.78, 5) is 22.7. The van der Waals surface area contributed by atoms with E-state index in [4.69, 9.17) is 19.9 Å². The molecule has 7 heteroatoms.